The number of pyridine rings is 1. The molecule has 0 saturated carbocycles. The molecule has 1 fully saturated rings. The number of thiocarbonyl (C=S) groups is 1. The lowest BCUT2D eigenvalue weighted by molar-refractivity contribution is -0.113. The number of amides is 1. The van der Waals surface area contributed by atoms with E-state index >= 15 is 0 Å². The Morgan fingerprint density at radius 1 is 1.36 bits per heavy atom. The van der Waals surface area contributed by atoms with Gasteiger partial charge in [-0.2, -0.15) is 0 Å². The van der Waals surface area contributed by atoms with Gasteiger partial charge in [0.05, 0.1) is 5.69 Å². The van der Waals surface area contributed by atoms with Crippen LogP contribution >= 0.6 is 23.8 Å². The van der Waals surface area contributed by atoms with E-state index in [9.17, 15) is 4.79 Å². The van der Waals surface area contributed by atoms with Gasteiger partial charge in [-0.3, -0.25) is 14.7 Å². The molecule has 3 rings (SSSR count). The van der Waals surface area contributed by atoms with Crippen molar-refractivity contribution in [3.63, 3.8) is 0 Å². The minimum atomic E-state index is -0.195. The summed E-state index contributed by atoms with van der Waals surface area (Å²) in [4.78, 5) is 18.1. The van der Waals surface area contributed by atoms with Crippen LogP contribution in [0.2, 0.25) is 5.02 Å². The molecule has 1 aromatic carbocycles. The zero-order chi connectivity index (χ0) is 15.7. The summed E-state index contributed by atoms with van der Waals surface area (Å²) >= 11 is 11.3. The fraction of sp³-hybridized carbons (Fsp3) is 0.0625. The molecular weight excluding hydrogens is 318 g/mol. The number of nitrogens with zero attached hydrogens (tertiary/aromatic N) is 2. The number of rotatable bonds is 2. The maximum atomic E-state index is 12.6. The molecule has 1 aliphatic rings. The summed E-state index contributed by atoms with van der Waals surface area (Å²) in [6.07, 6.45) is 5.09. The van der Waals surface area contributed by atoms with Crippen molar-refractivity contribution in [3.8, 4) is 0 Å². The summed E-state index contributed by atoms with van der Waals surface area (Å²) in [6.45, 7) is 1.89. The minimum Gasteiger partial charge on any atom is -0.327 e. The number of aromatic nitrogens is 1. The van der Waals surface area contributed by atoms with E-state index in [-0.39, 0.29) is 5.91 Å². The van der Waals surface area contributed by atoms with E-state index in [0.29, 0.717) is 15.8 Å². The second kappa shape index (κ2) is 5.87. The Morgan fingerprint density at radius 3 is 2.86 bits per heavy atom. The SMILES string of the molecule is Cc1cc(Cl)ccc1N1C(=O)/C(=C\c2cccnc2)NC1=S. The van der Waals surface area contributed by atoms with Crippen molar-refractivity contribution in [2.45, 2.75) is 6.92 Å². The fourth-order valence-electron chi connectivity index (χ4n) is 2.25. The van der Waals surface area contributed by atoms with Gasteiger partial charge in [0, 0.05) is 17.4 Å². The molecule has 0 aliphatic carbocycles. The molecule has 1 saturated heterocycles. The van der Waals surface area contributed by atoms with Crippen LogP contribution in [0.25, 0.3) is 6.08 Å². The first-order valence-corrected chi connectivity index (χ1v) is 7.38. The third-order valence-corrected chi connectivity index (χ3v) is 3.79. The largest absolute Gasteiger partial charge is 0.327 e. The first kappa shape index (κ1) is 14.7. The molecule has 2 aromatic rings. The van der Waals surface area contributed by atoms with Gasteiger partial charge < -0.3 is 5.32 Å². The van der Waals surface area contributed by atoms with Gasteiger partial charge in [-0.15, -0.1) is 0 Å². The first-order chi connectivity index (χ1) is 10.6. The van der Waals surface area contributed by atoms with Crippen LogP contribution in [0, 0.1) is 6.92 Å². The van der Waals surface area contributed by atoms with Crippen LogP contribution in [0.5, 0.6) is 0 Å². The highest BCUT2D eigenvalue weighted by Crippen LogP contribution is 2.27. The van der Waals surface area contributed by atoms with Crippen molar-refractivity contribution in [2.75, 3.05) is 4.90 Å². The quantitative estimate of drug-likeness (QED) is 0.678. The van der Waals surface area contributed by atoms with Crippen LogP contribution in [-0.4, -0.2) is 16.0 Å². The third kappa shape index (κ3) is 2.73. The van der Waals surface area contributed by atoms with Crippen LogP contribution < -0.4 is 10.2 Å². The van der Waals surface area contributed by atoms with Gasteiger partial charge in [0.15, 0.2) is 5.11 Å². The summed E-state index contributed by atoms with van der Waals surface area (Å²) in [7, 11) is 0. The number of hydrogen-bond donors (Lipinski definition) is 1. The molecule has 1 N–H and O–H groups in total. The lowest BCUT2D eigenvalue weighted by Crippen LogP contribution is -2.30. The fourth-order valence-corrected chi connectivity index (χ4v) is 2.77. The van der Waals surface area contributed by atoms with Gasteiger partial charge >= 0.3 is 0 Å². The first-order valence-electron chi connectivity index (χ1n) is 6.59. The van der Waals surface area contributed by atoms with Crippen LogP contribution in [0.3, 0.4) is 0 Å². The number of nitrogens with one attached hydrogen (secondary N) is 1. The molecule has 0 spiro atoms. The molecule has 1 aromatic heterocycles. The molecule has 1 amide bonds. The average Bonchev–Trinajstić information content (AvgIpc) is 2.75. The number of aryl methyl sites for hydroxylation is 1. The Labute approximate surface area is 138 Å². The van der Waals surface area contributed by atoms with Crippen LogP contribution in [0.4, 0.5) is 5.69 Å². The molecule has 0 unspecified atom stereocenters. The van der Waals surface area contributed by atoms with Gasteiger partial charge in [-0.05, 0) is 60.6 Å². The van der Waals surface area contributed by atoms with Crippen molar-refractivity contribution >= 4 is 46.6 Å². The topological polar surface area (TPSA) is 45.2 Å². The monoisotopic (exact) mass is 329 g/mol. The van der Waals surface area contributed by atoms with Crippen molar-refractivity contribution in [1.29, 1.82) is 0 Å². The highest BCUT2D eigenvalue weighted by Gasteiger charge is 2.32. The number of benzene rings is 1. The second-order valence-corrected chi connectivity index (χ2v) is 5.67. The molecule has 22 heavy (non-hydrogen) atoms. The smallest absolute Gasteiger partial charge is 0.281 e. The summed E-state index contributed by atoms with van der Waals surface area (Å²) in [5.74, 6) is -0.195. The molecule has 0 bridgehead atoms. The van der Waals surface area contributed by atoms with E-state index in [0.717, 1.165) is 16.8 Å². The highest BCUT2D eigenvalue weighted by atomic mass is 35.5. The van der Waals surface area contributed by atoms with Crippen molar-refractivity contribution in [2.24, 2.45) is 0 Å². The van der Waals surface area contributed by atoms with Crippen LogP contribution in [0.15, 0.2) is 48.4 Å². The summed E-state index contributed by atoms with van der Waals surface area (Å²) < 4.78 is 0. The maximum absolute atomic E-state index is 12.6. The second-order valence-electron chi connectivity index (χ2n) is 4.85. The standard InChI is InChI=1S/C16H12ClN3OS/c1-10-7-12(17)4-5-14(10)20-15(21)13(19-16(20)22)8-11-3-2-6-18-9-11/h2-9H,1H3,(H,19,22)/b13-8+. The Kier molecular flexibility index (Phi) is 3.92. The molecule has 110 valence electrons. The Morgan fingerprint density at radius 2 is 2.18 bits per heavy atom. The molecule has 2 heterocycles. The number of halogens is 1. The zero-order valence-corrected chi connectivity index (χ0v) is 13.3. The van der Waals surface area contributed by atoms with Crippen molar-refractivity contribution in [1.82, 2.24) is 10.3 Å². The van der Waals surface area contributed by atoms with E-state index in [2.05, 4.69) is 10.3 Å². The third-order valence-electron chi connectivity index (χ3n) is 3.27. The van der Waals surface area contributed by atoms with E-state index in [1.165, 1.54) is 4.90 Å². The van der Waals surface area contributed by atoms with E-state index < -0.39 is 0 Å². The zero-order valence-electron chi connectivity index (χ0n) is 11.7. The average molecular weight is 330 g/mol. The Balaban J connectivity index is 1.97. The number of carbonyl (C=O) groups is 1. The van der Waals surface area contributed by atoms with Gasteiger partial charge in [-0.1, -0.05) is 17.7 Å². The van der Waals surface area contributed by atoms with E-state index in [1.54, 1.807) is 36.7 Å². The summed E-state index contributed by atoms with van der Waals surface area (Å²) in [5, 5.41) is 3.93. The van der Waals surface area contributed by atoms with Crippen molar-refractivity contribution in [3.05, 3.63) is 64.6 Å². The van der Waals surface area contributed by atoms with Gasteiger partial charge in [0.2, 0.25) is 0 Å². The molecular formula is C16H12ClN3OS. The van der Waals surface area contributed by atoms with E-state index in [1.807, 2.05) is 19.1 Å². The summed E-state index contributed by atoms with van der Waals surface area (Å²) in [6, 6.07) is 9.01. The minimum absolute atomic E-state index is 0.195. The predicted molar refractivity (Wildman–Crippen MR) is 91.6 cm³/mol. The van der Waals surface area contributed by atoms with Gasteiger partial charge in [0.25, 0.3) is 5.91 Å². The van der Waals surface area contributed by atoms with Crippen molar-refractivity contribution < 1.29 is 4.79 Å². The van der Waals surface area contributed by atoms with Gasteiger partial charge in [0.1, 0.15) is 5.70 Å². The van der Waals surface area contributed by atoms with E-state index in [4.69, 9.17) is 23.8 Å². The van der Waals surface area contributed by atoms with Crippen LogP contribution in [-0.2, 0) is 4.79 Å². The summed E-state index contributed by atoms with van der Waals surface area (Å²) in [5.41, 5.74) is 2.86. The predicted octanol–water partition coefficient (Wildman–Crippen LogP) is 3.31. The normalized spacial score (nSPS) is 16.3. The maximum Gasteiger partial charge on any atom is 0.281 e. The molecule has 1 aliphatic heterocycles. The molecule has 6 heteroatoms. The number of hydrogen-bond acceptors (Lipinski definition) is 3. The van der Waals surface area contributed by atoms with Gasteiger partial charge in [-0.25, -0.2) is 0 Å². The Hall–Kier alpha value is -2.24. The number of carbonyl (C=O) groups excluding carboxylic acids is 1. The lowest BCUT2D eigenvalue weighted by atomic mass is 10.2. The van der Waals surface area contributed by atoms with Crippen LogP contribution in [0.1, 0.15) is 11.1 Å². The lowest BCUT2D eigenvalue weighted by Gasteiger charge is -2.16. The highest BCUT2D eigenvalue weighted by molar-refractivity contribution is 7.80. The number of anilines is 1. The molecule has 0 radical (unpaired) electrons. The molecule has 0 atom stereocenters. The Bertz CT molecular complexity index is 789. The molecule has 4 nitrogen and oxygen atoms in total.